The Bertz CT molecular complexity index is 1010. The summed E-state index contributed by atoms with van der Waals surface area (Å²) in [5, 5.41) is 2.73. The van der Waals surface area contributed by atoms with Gasteiger partial charge in [-0.1, -0.05) is 30.3 Å². The zero-order valence-electron chi connectivity index (χ0n) is 14.7. The second kappa shape index (κ2) is 8.11. The topological polar surface area (TPSA) is 79.4 Å². The molecule has 0 spiro atoms. The summed E-state index contributed by atoms with van der Waals surface area (Å²) in [5.74, 6) is -0.283. The van der Waals surface area contributed by atoms with Crippen molar-refractivity contribution >= 4 is 21.6 Å². The van der Waals surface area contributed by atoms with Gasteiger partial charge in [0.2, 0.25) is 10.0 Å². The Labute approximate surface area is 158 Å². The van der Waals surface area contributed by atoms with Crippen molar-refractivity contribution in [1.29, 1.82) is 0 Å². The number of hydrogen-bond acceptors (Lipinski definition) is 4. The average molecular weight is 381 g/mol. The molecule has 2 aromatic carbocycles. The number of anilines is 1. The summed E-state index contributed by atoms with van der Waals surface area (Å²) < 4.78 is 26.7. The van der Waals surface area contributed by atoms with Gasteiger partial charge in [0, 0.05) is 37.2 Å². The highest BCUT2D eigenvalue weighted by atomic mass is 32.2. The minimum atomic E-state index is -3.62. The molecule has 27 heavy (non-hydrogen) atoms. The fourth-order valence-corrected chi connectivity index (χ4v) is 3.68. The first-order valence-electron chi connectivity index (χ1n) is 8.28. The molecule has 1 N–H and O–H groups in total. The number of sulfonamides is 1. The summed E-state index contributed by atoms with van der Waals surface area (Å²) in [6, 6.07) is 18.7. The van der Waals surface area contributed by atoms with E-state index in [9.17, 15) is 13.2 Å². The number of carbonyl (C=O) groups excluding carboxylic acids is 1. The third-order valence-electron chi connectivity index (χ3n) is 4.01. The van der Waals surface area contributed by atoms with Crippen LogP contribution >= 0.6 is 0 Å². The summed E-state index contributed by atoms with van der Waals surface area (Å²) in [6.07, 6.45) is 3.07. The van der Waals surface area contributed by atoms with Crippen LogP contribution in [0, 0.1) is 0 Å². The van der Waals surface area contributed by atoms with E-state index in [1.54, 1.807) is 31.3 Å². The van der Waals surface area contributed by atoms with Crippen molar-refractivity contribution in [2.75, 3.05) is 12.4 Å². The van der Waals surface area contributed by atoms with Crippen LogP contribution < -0.4 is 5.32 Å². The number of pyridine rings is 1. The third-order valence-corrected chi connectivity index (χ3v) is 5.83. The lowest BCUT2D eigenvalue weighted by molar-refractivity contribution is 0.102. The molecule has 0 saturated carbocycles. The SMILES string of the molecule is CN(Cc1ccccc1)S(=O)(=O)c1ccc(NC(=O)c2ccncc2)cc1. The van der Waals surface area contributed by atoms with E-state index in [-0.39, 0.29) is 17.3 Å². The molecule has 0 unspecified atom stereocenters. The zero-order valence-corrected chi connectivity index (χ0v) is 15.6. The number of aromatic nitrogens is 1. The van der Waals surface area contributed by atoms with Gasteiger partial charge in [0.05, 0.1) is 4.90 Å². The summed E-state index contributed by atoms with van der Waals surface area (Å²) >= 11 is 0. The maximum Gasteiger partial charge on any atom is 0.255 e. The summed E-state index contributed by atoms with van der Waals surface area (Å²) in [7, 11) is -2.08. The monoisotopic (exact) mass is 381 g/mol. The molecule has 1 heterocycles. The Morgan fingerprint density at radius 2 is 1.59 bits per heavy atom. The first-order valence-corrected chi connectivity index (χ1v) is 9.72. The lowest BCUT2D eigenvalue weighted by atomic mass is 10.2. The fourth-order valence-electron chi connectivity index (χ4n) is 2.52. The van der Waals surface area contributed by atoms with E-state index in [1.807, 2.05) is 30.3 Å². The van der Waals surface area contributed by atoms with Crippen molar-refractivity contribution in [3.05, 3.63) is 90.3 Å². The highest BCUT2D eigenvalue weighted by molar-refractivity contribution is 7.89. The van der Waals surface area contributed by atoms with Crippen LogP contribution in [0.1, 0.15) is 15.9 Å². The van der Waals surface area contributed by atoms with E-state index in [1.165, 1.54) is 28.8 Å². The summed E-state index contributed by atoms with van der Waals surface area (Å²) in [6.45, 7) is 0.281. The molecule has 3 rings (SSSR count). The molecule has 0 aliphatic heterocycles. The van der Waals surface area contributed by atoms with E-state index >= 15 is 0 Å². The van der Waals surface area contributed by atoms with Crippen LogP contribution in [0.5, 0.6) is 0 Å². The van der Waals surface area contributed by atoms with Crippen molar-refractivity contribution < 1.29 is 13.2 Å². The number of nitrogens with one attached hydrogen (secondary N) is 1. The average Bonchev–Trinajstić information content (AvgIpc) is 2.70. The molecule has 0 saturated heterocycles. The maximum absolute atomic E-state index is 12.7. The molecule has 6 nitrogen and oxygen atoms in total. The Kier molecular flexibility index (Phi) is 5.63. The van der Waals surface area contributed by atoms with E-state index < -0.39 is 10.0 Å². The van der Waals surface area contributed by atoms with Crippen LogP contribution in [0.2, 0.25) is 0 Å². The second-order valence-corrected chi connectivity index (χ2v) is 8.01. The van der Waals surface area contributed by atoms with E-state index in [0.29, 0.717) is 11.3 Å². The molecule has 138 valence electrons. The van der Waals surface area contributed by atoms with Gasteiger partial charge in [0.1, 0.15) is 0 Å². The second-order valence-electron chi connectivity index (χ2n) is 5.96. The largest absolute Gasteiger partial charge is 0.322 e. The van der Waals surface area contributed by atoms with Gasteiger partial charge >= 0.3 is 0 Å². The van der Waals surface area contributed by atoms with Gasteiger partial charge in [-0.25, -0.2) is 8.42 Å². The molecule has 0 radical (unpaired) electrons. The minimum Gasteiger partial charge on any atom is -0.322 e. The number of nitrogens with zero attached hydrogens (tertiary/aromatic N) is 2. The van der Waals surface area contributed by atoms with Crippen LogP contribution in [0.3, 0.4) is 0 Å². The van der Waals surface area contributed by atoms with Crippen molar-refractivity contribution in [3.63, 3.8) is 0 Å². The smallest absolute Gasteiger partial charge is 0.255 e. The molecule has 1 amide bonds. The normalized spacial score (nSPS) is 11.3. The lowest BCUT2D eigenvalue weighted by Crippen LogP contribution is -2.26. The first-order chi connectivity index (χ1) is 13.0. The summed E-state index contributed by atoms with van der Waals surface area (Å²) in [4.78, 5) is 16.2. The zero-order chi connectivity index (χ0) is 19.3. The predicted molar refractivity (Wildman–Crippen MR) is 104 cm³/mol. The molecule has 0 aliphatic rings. The van der Waals surface area contributed by atoms with Crippen molar-refractivity contribution in [2.45, 2.75) is 11.4 Å². The van der Waals surface area contributed by atoms with Crippen LogP contribution in [0.25, 0.3) is 0 Å². The quantitative estimate of drug-likeness (QED) is 0.711. The van der Waals surface area contributed by atoms with E-state index in [2.05, 4.69) is 10.3 Å². The molecule has 0 atom stereocenters. The molecular weight excluding hydrogens is 362 g/mol. The predicted octanol–water partition coefficient (Wildman–Crippen LogP) is 3.15. The molecule has 7 heteroatoms. The van der Waals surface area contributed by atoms with Gasteiger partial charge in [-0.2, -0.15) is 4.31 Å². The molecule has 0 bridgehead atoms. The standard InChI is InChI=1S/C20H19N3O3S/c1-23(15-16-5-3-2-4-6-16)27(25,26)19-9-7-18(8-10-19)22-20(24)17-11-13-21-14-12-17/h2-14H,15H2,1H3,(H,22,24). The number of rotatable bonds is 6. The van der Waals surface area contributed by atoms with E-state index in [4.69, 9.17) is 0 Å². The number of hydrogen-bond donors (Lipinski definition) is 1. The number of carbonyl (C=O) groups is 1. The van der Waals surface area contributed by atoms with E-state index in [0.717, 1.165) is 5.56 Å². The minimum absolute atomic E-state index is 0.169. The van der Waals surface area contributed by atoms with Crippen molar-refractivity contribution in [3.8, 4) is 0 Å². The molecule has 0 aliphatic carbocycles. The highest BCUT2D eigenvalue weighted by Crippen LogP contribution is 2.19. The van der Waals surface area contributed by atoms with Crippen molar-refractivity contribution in [1.82, 2.24) is 9.29 Å². The fraction of sp³-hybridized carbons (Fsp3) is 0.100. The van der Waals surface area contributed by atoms with Crippen LogP contribution in [-0.2, 0) is 16.6 Å². The number of benzene rings is 2. The maximum atomic E-state index is 12.7. The van der Waals surface area contributed by atoms with Gasteiger partial charge in [-0.05, 0) is 42.0 Å². The van der Waals surface area contributed by atoms with Crippen molar-refractivity contribution in [2.24, 2.45) is 0 Å². The molecule has 0 fully saturated rings. The number of amides is 1. The van der Waals surface area contributed by atoms with Crippen LogP contribution in [0.4, 0.5) is 5.69 Å². The van der Waals surface area contributed by atoms with Gasteiger partial charge in [0.15, 0.2) is 0 Å². The Morgan fingerprint density at radius 3 is 2.22 bits per heavy atom. The lowest BCUT2D eigenvalue weighted by Gasteiger charge is -2.17. The summed E-state index contributed by atoms with van der Waals surface area (Å²) in [5.41, 5.74) is 1.90. The molecule has 3 aromatic rings. The van der Waals surface area contributed by atoms with Crippen LogP contribution in [-0.4, -0.2) is 30.7 Å². The molecule has 1 aromatic heterocycles. The third kappa shape index (κ3) is 4.58. The molecular formula is C20H19N3O3S. The van der Waals surface area contributed by atoms with Gasteiger partial charge in [-0.3, -0.25) is 9.78 Å². The Morgan fingerprint density at radius 1 is 0.963 bits per heavy atom. The van der Waals surface area contributed by atoms with Crippen LogP contribution in [0.15, 0.2) is 84.0 Å². The Hall–Kier alpha value is -3.03. The van der Waals surface area contributed by atoms with Gasteiger partial charge in [0.25, 0.3) is 5.91 Å². The first kappa shape index (κ1) is 18.8. The Balaban J connectivity index is 1.71. The van der Waals surface area contributed by atoms with Gasteiger partial charge < -0.3 is 5.32 Å². The highest BCUT2D eigenvalue weighted by Gasteiger charge is 2.20. The van der Waals surface area contributed by atoms with Gasteiger partial charge in [-0.15, -0.1) is 0 Å².